The van der Waals surface area contributed by atoms with Gasteiger partial charge < -0.3 is 9.29 Å². The van der Waals surface area contributed by atoms with E-state index in [0.717, 1.165) is 10.4 Å². The minimum Gasteiger partial charge on any atom is -0.755 e. The molecule has 0 spiro atoms. The maximum Gasteiger partial charge on any atom is 0.417 e. The lowest BCUT2D eigenvalue weighted by atomic mass is 9.92. The molecule has 2 aromatic carbocycles. The SMILES string of the molecule is CCOC(=O)Cn1ncc2c1CCCC2N(c1ccc(-c2ccccc2)c(C(F)(F)F)c1)S(=O)[O-]. The number of carbonyl (C=O) groups excluding carboxylic acids is 1. The van der Waals surface area contributed by atoms with Crippen LogP contribution in [0.5, 0.6) is 0 Å². The molecule has 0 aliphatic heterocycles. The van der Waals surface area contributed by atoms with Crippen molar-refractivity contribution in [2.75, 3.05) is 10.9 Å². The van der Waals surface area contributed by atoms with E-state index in [4.69, 9.17) is 4.74 Å². The van der Waals surface area contributed by atoms with Crippen LogP contribution in [0.1, 0.15) is 42.6 Å². The van der Waals surface area contributed by atoms with Gasteiger partial charge in [0, 0.05) is 28.2 Å². The van der Waals surface area contributed by atoms with Crippen molar-refractivity contribution in [3.63, 3.8) is 0 Å². The van der Waals surface area contributed by atoms with Crippen molar-refractivity contribution in [3.05, 3.63) is 71.5 Å². The molecular formula is C24H23F3N3O4S-. The Morgan fingerprint density at radius 3 is 2.66 bits per heavy atom. The molecule has 2 unspecified atom stereocenters. The number of fused-ring (bicyclic) bond motifs is 1. The number of esters is 1. The van der Waals surface area contributed by atoms with Crippen molar-refractivity contribution in [1.82, 2.24) is 9.78 Å². The zero-order valence-corrected chi connectivity index (χ0v) is 19.6. The van der Waals surface area contributed by atoms with Gasteiger partial charge in [-0.25, -0.2) is 0 Å². The highest BCUT2D eigenvalue weighted by Gasteiger charge is 2.36. The second kappa shape index (κ2) is 10.2. The topological polar surface area (TPSA) is 87.5 Å². The number of anilines is 1. The van der Waals surface area contributed by atoms with E-state index in [1.165, 1.54) is 23.0 Å². The number of alkyl halides is 3. The van der Waals surface area contributed by atoms with Crippen LogP contribution in [0, 0.1) is 0 Å². The van der Waals surface area contributed by atoms with E-state index in [2.05, 4.69) is 5.10 Å². The van der Waals surface area contributed by atoms with Gasteiger partial charge in [0.2, 0.25) is 0 Å². The number of hydrogen-bond acceptors (Lipinski definition) is 5. The molecule has 0 saturated heterocycles. The minimum absolute atomic E-state index is 0.0370. The van der Waals surface area contributed by atoms with Gasteiger partial charge in [0.25, 0.3) is 0 Å². The van der Waals surface area contributed by atoms with Crippen molar-refractivity contribution in [2.24, 2.45) is 0 Å². The smallest absolute Gasteiger partial charge is 0.417 e. The van der Waals surface area contributed by atoms with Crippen LogP contribution in [0.2, 0.25) is 0 Å². The highest BCUT2D eigenvalue weighted by atomic mass is 32.2. The van der Waals surface area contributed by atoms with Gasteiger partial charge in [0.1, 0.15) is 6.54 Å². The van der Waals surface area contributed by atoms with Gasteiger partial charge >= 0.3 is 12.1 Å². The number of halogens is 3. The summed E-state index contributed by atoms with van der Waals surface area (Å²) in [6.07, 6.45) is -1.69. The fourth-order valence-corrected chi connectivity index (χ4v) is 5.16. The van der Waals surface area contributed by atoms with Crippen LogP contribution >= 0.6 is 0 Å². The normalized spacial score (nSPS) is 16.4. The number of benzene rings is 2. The highest BCUT2D eigenvalue weighted by molar-refractivity contribution is 7.80. The Morgan fingerprint density at radius 1 is 1.26 bits per heavy atom. The second-order valence-electron chi connectivity index (χ2n) is 8.05. The summed E-state index contributed by atoms with van der Waals surface area (Å²) in [5.74, 6) is -0.476. The summed E-state index contributed by atoms with van der Waals surface area (Å²) in [5.41, 5.74) is 0.547. The number of aromatic nitrogens is 2. The molecule has 1 heterocycles. The number of ether oxygens (including phenoxy) is 1. The van der Waals surface area contributed by atoms with Crippen LogP contribution in [-0.2, 0) is 39.9 Å². The third kappa shape index (κ3) is 5.25. The van der Waals surface area contributed by atoms with E-state index < -0.39 is 35.0 Å². The Hall–Kier alpha value is -3.18. The molecular weight excluding hydrogens is 483 g/mol. The van der Waals surface area contributed by atoms with Gasteiger partial charge in [-0.05, 0) is 49.4 Å². The van der Waals surface area contributed by atoms with Crippen molar-refractivity contribution in [2.45, 2.75) is 44.9 Å². The van der Waals surface area contributed by atoms with Crippen LogP contribution < -0.4 is 4.31 Å². The van der Waals surface area contributed by atoms with E-state index in [1.807, 2.05) is 0 Å². The molecule has 0 bridgehead atoms. The molecule has 0 amide bonds. The Balaban J connectivity index is 1.75. The van der Waals surface area contributed by atoms with E-state index >= 15 is 0 Å². The zero-order chi connectivity index (χ0) is 25.2. The Bertz CT molecular complexity index is 1230. The summed E-state index contributed by atoms with van der Waals surface area (Å²) < 4.78 is 74.1. The van der Waals surface area contributed by atoms with Crippen molar-refractivity contribution in [3.8, 4) is 11.1 Å². The fraction of sp³-hybridized carbons (Fsp3) is 0.333. The van der Waals surface area contributed by atoms with E-state index in [-0.39, 0.29) is 24.4 Å². The molecule has 1 aromatic heterocycles. The maximum absolute atomic E-state index is 14.0. The monoisotopic (exact) mass is 506 g/mol. The Kier molecular flexibility index (Phi) is 7.27. The van der Waals surface area contributed by atoms with Crippen LogP contribution in [-0.4, -0.2) is 31.1 Å². The third-order valence-corrected chi connectivity index (χ3v) is 6.69. The molecule has 1 aliphatic rings. The summed E-state index contributed by atoms with van der Waals surface area (Å²) in [4.78, 5) is 11.9. The molecule has 7 nitrogen and oxygen atoms in total. The number of carbonyl (C=O) groups is 1. The molecule has 0 fully saturated rings. The summed E-state index contributed by atoms with van der Waals surface area (Å²) >= 11 is -2.86. The largest absolute Gasteiger partial charge is 0.755 e. The fourth-order valence-electron chi connectivity index (χ4n) is 4.45. The predicted octanol–water partition coefficient (Wildman–Crippen LogP) is 4.81. The Morgan fingerprint density at radius 2 is 2.00 bits per heavy atom. The molecule has 0 N–H and O–H groups in total. The summed E-state index contributed by atoms with van der Waals surface area (Å²) in [5, 5.41) is 4.22. The van der Waals surface area contributed by atoms with Crippen LogP contribution in [0.3, 0.4) is 0 Å². The number of rotatable bonds is 7. The second-order valence-corrected chi connectivity index (χ2v) is 8.88. The van der Waals surface area contributed by atoms with Crippen molar-refractivity contribution >= 4 is 22.9 Å². The first kappa shape index (κ1) is 24.9. The van der Waals surface area contributed by atoms with Gasteiger partial charge in [0.15, 0.2) is 0 Å². The van der Waals surface area contributed by atoms with E-state index in [9.17, 15) is 26.7 Å². The van der Waals surface area contributed by atoms with Crippen molar-refractivity contribution < 1.29 is 31.5 Å². The lowest BCUT2D eigenvalue weighted by Crippen LogP contribution is -2.33. The summed E-state index contributed by atoms with van der Waals surface area (Å²) in [6.45, 7) is 1.78. The molecule has 0 saturated carbocycles. The average molecular weight is 507 g/mol. The number of hydrogen-bond donors (Lipinski definition) is 0. The summed E-state index contributed by atoms with van der Waals surface area (Å²) in [6, 6.07) is 10.9. The van der Waals surface area contributed by atoms with Gasteiger partial charge in [-0.1, -0.05) is 36.4 Å². The van der Waals surface area contributed by atoms with Gasteiger partial charge in [-0.15, -0.1) is 0 Å². The molecule has 0 radical (unpaired) electrons. The quantitative estimate of drug-likeness (QED) is 0.339. The standard InChI is InChI=1S/C24H24F3N3O4S/c1-2-34-23(31)15-29-21-9-6-10-22(19(21)14-28-29)30(35(32)33)17-11-12-18(16-7-4-3-5-8-16)20(13-17)24(25,26)27/h3-5,7-8,11-14,22H,2,6,9-10,15H2,1H3,(H,32,33)/p-1. The first-order valence-electron chi connectivity index (χ1n) is 11.1. The molecule has 11 heteroatoms. The summed E-state index contributed by atoms with van der Waals surface area (Å²) in [7, 11) is 0. The lowest BCUT2D eigenvalue weighted by molar-refractivity contribution is -0.144. The Labute approximate surface area is 202 Å². The third-order valence-electron chi connectivity index (χ3n) is 5.91. The zero-order valence-electron chi connectivity index (χ0n) is 18.8. The molecule has 35 heavy (non-hydrogen) atoms. The molecule has 1 aliphatic carbocycles. The first-order chi connectivity index (χ1) is 16.7. The van der Waals surface area contributed by atoms with Gasteiger partial charge in [-0.2, -0.15) is 18.3 Å². The van der Waals surface area contributed by atoms with E-state index in [1.54, 1.807) is 37.3 Å². The van der Waals surface area contributed by atoms with Crippen LogP contribution in [0.25, 0.3) is 11.1 Å². The van der Waals surface area contributed by atoms with Crippen LogP contribution in [0.15, 0.2) is 54.7 Å². The molecule has 186 valence electrons. The van der Waals surface area contributed by atoms with E-state index in [0.29, 0.717) is 36.1 Å². The predicted molar refractivity (Wildman–Crippen MR) is 123 cm³/mol. The van der Waals surface area contributed by atoms with Crippen molar-refractivity contribution in [1.29, 1.82) is 0 Å². The van der Waals surface area contributed by atoms with Crippen LogP contribution in [0.4, 0.5) is 18.9 Å². The average Bonchev–Trinajstić information content (AvgIpc) is 3.22. The minimum atomic E-state index is -4.69. The van der Waals surface area contributed by atoms with Gasteiger partial charge in [-0.3, -0.25) is 18.0 Å². The maximum atomic E-state index is 14.0. The molecule has 3 aromatic rings. The highest BCUT2D eigenvalue weighted by Crippen LogP contribution is 2.43. The molecule has 4 rings (SSSR count). The molecule has 2 atom stereocenters. The first-order valence-corrected chi connectivity index (χ1v) is 12.1. The lowest BCUT2D eigenvalue weighted by Gasteiger charge is -2.37. The number of nitrogens with zero attached hydrogens (tertiary/aromatic N) is 3. The van der Waals surface area contributed by atoms with Gasteiger partial charge in [0.05, 0.1) is 24.4 Å².